The molecule has 3 aromatic rings. The first-order valence-electron chi connectivity index (χ1n) is 8.34. The first-order chi connectivity index (χ1) is 11.7. The topological polar surface area (TPSA) is 59.2 Å². The van der Waals surface area contributed by atoms with Crippen LogP contribution in [0.4, 0.5) is 0 Å². The minimum Gasteiger partial charge on any atom is -0.435 e. The Morgan fingerprint density at radius 1 is 1.08 bits per heavy atom. The molecule has 122 valence electrons. The number of benzene rings is 1. The van der Waals surface area contributed by atoms with E-state index in [0.717, 1.165) is 37.1 Å². The molecule has 1 aromatic carbocycles. The van der Waals surface area contributed by atoms with Gasteiger partial charge in [-0.2, -0.15) is 0 Å². The first kappa shape index (κ1) is 14.9. The van der Waals surface area contributed by atoms with Crippen molar-refractivity contribution in [2.45, 2.75) is 26.2 Å². The van der Waals surface area contributed by atoms with Gasteiger partial charge in [-0.25, -0.2) is 9.97 Å². The van der Waals surface area contributed by atoms with Gasteiger partial charge in [0.25, 0.3) is 5.91 Å². The van der Waals surface area contributed by atoms with E-state index < -0.39 is 0 Å². The third kappa shape index (κ3) is 2.77. The normalized spacial score (nSPS) is 15.0. The summed E-state index contributed by atoms with van der Waals surface area (Å²) in [5.41, 5.74) is 3.63. The van der Waals surface area contributed by atoms with Crippen LogP contribution in [0.5, 0.6) is 0 Å². The van der Waals surface area contributed by atoms with Crippen molar-refractivity contribution in [3.05, 3.63) is 47.7 Å². The fraction of sp³-hybridized carbons (Fsp3) is 0.316. The molecule has 0 bridgehead atoms. The quantitative estimate of drug-likeness (QED) is 0.720. The molecule has 4 rings (SSSR count). The highest BCUT2D eigenvalue weighted by Crippen LogP contribution is 2.24. The number of piperidine rings is 1. The lowest BCUT2D eigenvalue weighted by Gasteiger charge is -2.26. The van der Waals surface area contributed by atoms with Crippen molar-refractivity contribution in [3.8, 4) is 11.6 Å². The van der Waals surface area contributed by atoms with Crippen LogP contribution in [0.1, 0.15) is 35.3 Å². The average molecular weight is 321 g/mol. The first-order valence-corrected chi connectivity index (χ1v) is 8.34. The molecule has 0 atom stereocenters. The van der Waals surface area contributed by atoms with Gasteiger partial charge in [-0.15, -0.1) is 0 Å². The molecule has 1 aliphatic heterocycles. The van der Waals surface area contributed by atoms with E-state index in [1.807, 2.05) is 42.2 Å². The highest BCUT2D eigenvalue weighted by molar-refractivity contribution is 5.97. The fourth-order valence-electron chi connectivity index (χ4n) is 3.11. The molecule has 0 spiro atoms. The SMILES string of the molecule is Cc1cccc(-c2nc3ccc(C(=O)N4CCCCC4)cc3o2)n1. The van der Waals surface area contributed by atoms with Crippen LogP contribution in [0.25, 0.3) is 22.7 Å². The molecule has 1 saturated heterocycles. The molecule has 2 aromatic heterocycles. The van der Waals surface area contributed by atoms with Crippen LogP contribution in [0.2, 0.25) is 0 Å². The molecule has 0 N–H and O–H groups in total. The number of hydrogen-bond donors (Lipinski definition) is 0. The van der Waals surface area contributed by atoms with Crippen LogP contribution in [0, 0.1) is 6.92 Å². The maximum atomic E-state index is 12.6. The zero-order valence-corrected chi connectivity index (χ0v) is 13.7. The molecule has 0 aliphatic carbocycles. The number of amides is 1. The summed E-state index contributed by atoms with van der Waals surface area (Å²) in [6.45, 7) is 3.61. The highest BCUT2D eigenvalue weighted by Gasteiger charge is 2.19. The summed E-state index contributed by atoms with van der Waals surface area (Å²) in [6.07, 6.45) is 3.37. The lowest BCUT2D eigenvalue weighted by Crippen LogP contribution is -2.35. The number of carbonyl (C=O) groups excluding carboxylic acids is 1. The van der Waals surface area contributed by atoms with Gasteiger partial charge in [0.2, 0.25) is 5.89 Å². The molecule has 1 fully saturated rings. The number of aryl methyl sites for hydroxylation is 1. The summed E-state index contributed by atoms with van der Waals surface area (Å²) in [4.78, 5) is 23.5. The molecule has 1 amide bonds. The van der Waals surface area contributed by atoms with E-state index in [1.54, 1.807) is 6.07 Å². The highest BCUT2D eigenvalue weighted by atomic mass is 16.3. The largest absolute Gasteiger partial charge is 0.435 e. The van der Waals surface area contributed by atoms with Crippen LogP contribution in [-0.4, -0.2) is 33.9 Å². The van der Waals surface area contributed by atoms with Crippen LogP contribution < -0.4 is 0 Å². The van der Waals surface area contributed by atoms with Crippen molar-refractivity contribution in [1.29, 1.82) is 0 Å². The Morgan fingerprint density at radius 2 is 1.92 bits per heavy atom. The lowest BCUT2D eigenvalue weighted by molar-refractivity contribution is 0.0724. The van der Waals surface area contributed by atoms with E-state index in [9.17, 15) is 4.79 Å². The lowest BCUT2D eigenvalue weighted by atomic mass is 10.1. The number of nitrogens with zero attached hydrogens (tertiary/aromatic N) is 3. The Labute approximate surface area is 140 Å². The Morgan fingerprint density at radius 3 is 2.71 bits per heavy atom. The predicted molar refractivity (Wildman–Crippen MR) is 91.7 cm³/mol. The molecule has 0 saturated carbocycles. The Kier molecular flexibility index (Phi) is 3.76. The molecular weight excluding hydrogens is 302 g/mol. The van der Waals surface area contributed by atoms with Crippen molar-refractivity contribution in [3.63, 3.8) is 0 Å². The molecule has 1 aliphatic rings. The fourth-order valence-corrected chi connectivity index (χ4v) is 3.11. The van der Waals surface area contributed by atoms with Crippen LogP contribution >= 0.6 is 0 Å². The van der Waals surface area contributed by atoms with Crippen LogP contribution in [-0.2, 0) is 0 Å². The number of aromatic nitrogens is 2. The maximum absolute atomic E-state index is 12.6. The van der Waals surface area contributed by atoms with E-state index in [1.165, 1.54) is 6.42 Å². The van der Waals surface area contributed by atoms with E-state index in [0.29, 0.717) is 22.7 Å². The summed E-state index contributed by atoms with van der Waals surface area (Å²) in [5, 5.41) is 0. The smallest absolute Gasteiger partial charge is 0.253 e. The Balaban J connectivity index is 1.67. The van der Waals surface area contributed by atoms with E-state index in [2.05, 4.69) is 9.97 Å². The van der Waals surface area contributed by atoms with Gasteiger partial charge in [0.15, 0.2) is 5.58 Å². The third-order valence-electron chi connectivity index (χ3n) is 4.39. The van der Waals surface area contributed by atoms with Crippen molar-refractivity contribution < 1.29 is 9.21 Å². The summed E-state index contributed by atoms with van der Waals surface area (Å²) >= 11 is 0. The summed E-state index contributed by atoms with van der Waals surface area (Å²) in [5.74, 6) is 0.555. The van der Waals surface area contributed by atoms with Gasteiger partial charge < -0.3 is 9.32 Å². The van der Waals surface area contributed by atoms with Crippen molar-refractivity contribution in [1.82, 2.24) is 14.9 Å². The molecule has 0 radical (unpaired) electrons. The number of likely N-dealkylation sites (tertiary alicyclic amines) is 1. The second kappa shape index (κ2) is 6.07. The summed E-state index contributed by atoms with van der Waals surface area (Å²) in [6, 6.07) is 11.2. The maximum Gasteiger partial charge on any atom is 0.253 e. The van der Waals surface area contributed by atoms with Gasteiger partial charge >= 0.3 is 0 Å². The zero-order valence-electron chi connectivity index (χ0n) is 13.7. The van der Waals surface area contributed by atoms with E-state index >= 15 is 0 Å². The Hall–Kier alpha value is -2.69. The molecular formula is C19H19N3O2. The number of oxazole rings is 1. The molecule has 0 unspecified atom stereocenters. The van der Waals surface area contributed by atoms with Crippen molar-refractivity contribution in [2.24, 2.45) is 0 Å². The number of carbonyl (C=O) groups is 1. The monoisotopic (exact) mass is 321 g/mol. The second-order valence-corrected chi connectivity index (χ2v) is 6.22. The van der Waals surface area contributed by atoms with Crippen molar-refractivity contribution >= 4 is 17.0 Å². The third-order valence-corrected chi connectivity index (χ3v) is 4.39. The predicted octanol–water partition coefficient (Wildman–Crippen LogP) is 3.82. The van der Waals surface area contributed by atoms with Gasteiger partial charge in [0, 0.05) is 24.3 Å². The van der Waals surface area contributed by atoms with Gasteiger partial charge in [0.1, 0.15) is 11.2 Å². The zero-order chi connectivity index (χ0) is 16.5. The number of rotatable bonds is 2. The van der Waals surface area contributed by atoms with Crippen LogP contribution in [0.15, 0.2) is 40.8 Å². The number of pyridine rings is 1. The molecule has 24 heavy (non-hydrogen) atoms. The number of hydrogen-bond acceptors (Lipinski definition) is 4. The molecule has 5 heteroatoms. The Bertz CT molecular complexity index is 895. The number of fused-ring (bicyclic) bond motifs is 1. The second-order valence-electron chi connectivity index (χ2n) is 6.22. The summed E-state index contributed by atoms with van der Waals surface area (Å²) in [7, 11) is 0. The average Bonchev–Trinajstić information content (AvgIpc) is 3.05. The standard InChI is InChI=1S/C19H19N3O2/c1-13-6-5-7-16(20-13)18-21-15-9-8-14(12-17(15)24-18)19(23)22-10-3-2-4-11-22/h5-9,12H,2-4,10-11H2,1H3. The van der Waals surface area contributed by atoms with Gasteiger partial charge in [-0.1, -0.05) is 6.07 Å². The molecule has 5 nitrogen and oxygen atoms in total. The summed E-state index contributed by atoms with van der Waals surface area (Å²) < 4.78 is 5.84. The minimum absolute atomic E-state index is 0.0724. The molecule has 3 heterocycles. The van der Waals surface area contributed by atoms with E-state index in [-0.39, 0.29) is 5.91 Å². The van der Waals surface area contributed by atoms with Gasteiger partial charge in [-0.05, 0) is 56.5 Å². The van der Waals surface area contributed by atoms with Crippen molar-refractivity contribution in [2.75, 3.05) is 13.1 Å². The van der Waals surface area contributed by atoms with Crippen LogP contribution in [0.3, 0.4) is 0 Å². The van der Waals surface area contributed by atoms with E-state index in [4.69, 9.17) is 4.42 Å². The van der Waals surface area contributed by atoms with Gasteiger partial charge in [0.05, 0.1) is 0 Å². The minimum atomic E-state index is 0.0724. The van der Waals surface area contributed by atoms with Gasteiger partial charge in [-0.3, -0.25) is 4.79 Å².